The molecule has 140 valence electrons. The number of fused-ring (bicyclic) bond motifs is 3. The first kappa shape index (κ1) is 18.4. The number of imidazole rings is 1. The summed E-state index contributed by atoms with van der Waals surface area (Å²) in [6.45, 7) is 3.19. The third-order valence-corrected chi connectivity index (χ3v) is 4.61. The van der Waals surface area contributed by atoms with Gasteiger partial charge in [-0.3, -0.25) is 4.57 Å². The summed E-state index contributed by atoms with van der Waals surface area (Å²) in [5.41, 5.74) is 2.58. The summed E-state index contributed by atoms with van der Waals surface area (Å²) < 4.78 is 1.84. The van der Waals surface area contributed by atoms with Crippen LogP contribution < -0.4 is 10.6 Å². The first-order chi connectivity index (χ1) is 12.4. The van der Waals surface area contributed by atoms with E-state index in [1.165, 1.54) is 0 Å². The number of likely N-dealkylation sites (N-methyl/N-ethyl adjacent to an activating group) is 3. The van der Waals surface area contributed by atoms with Crippen LogP contribution in [-0.4, -0.2) is 79.2 Å². The number of aromatic amines is 1. The van der Waals surface area contributed by atoms with Crippen molar-refractivity contribution in [2.24, 2.45) is 0 Å². The third kappa shape index (κ3) is 3.59. The van der Waals surface area contributed by atoms with Crippen LogP contribution in [0.1, 0.15) is 0 Å². The number of H-pyrrole nitrogens is 1. The number of rotatable bonds is 7. The van der Waals surface area contributed by atoms with Gasteiger partial charge in [0.05, 0.1) is 11.0 Å². The maximum atomic E-state index is 12.7. The fourth-order valence-electron chi connectivity index (χ4n) is 3.10. The molecule has 3 rings (SSSR count). The molecule has 0 saturated carbocycles. The van der Waals surface area contributed by atoms with Crippen molar-refractivity contribution in [2.75, 3.05) is 59.8 Å². The summed E-state index contributed by atoms with van der Waals surface area (Å²) in [5.74, 6) is 0.821. The molecule has 7 heteroatoms. The van der Waals surface area contributed by atoms with Crippen molar-refractivity contribution < 1.29 is 0 Å². The van der Waals surface area contributed by atoms with Crippen LogP contribution in [0.25, 0.3) is 21.9 Å². The summed E-state index contributed by atoms with van der Waals surface area (Å²) in [6.07, 6.45) is 0. The standard InChI is InChI=1S/C19H28N6O/c1-22(2)10-12-24(5)18-16-17(14-8-6-7-9-15(14)20-18)25(19(26)21-16)13-11-23(3)4/h6-9H,10-13H2,1-5H3,(H,21,26). The molecule has 0 aliphatic rings. The Hall–Kier alpha value is -2.38. The van der Waals surface area contributed by atoms with Crippen LogP contribution in [-0.2, 0) is 6.54 Å². The van der Waals surface area contributed by atoms with E-state index in [2.05, 4.69) is 33.8 Å². The van der Waals surface area contributed by atoms with E-state index < -0.39 is 0 Å². The average molecular weight is 356 g/mol. The third-order valence-electron chi connectivity index (χ3n) is 4.61. The second-order valence-electron chi connectivity index (χ2n) is 7.29. The maximum Gasteiger partial charge on any atom is 0.326 e. The molecule has 0 radical (unpaired) electrons. The molecule has 3 aromatic rings. The Bertz CT molecular complexity index is 956. The SMILES string of the molecule is CN(C)CCN(C)c1nc2ccccc2c2c1[nH]c(=O)n2CCN(C)C. The number of nitrogens with one attached hydrogen (secondary N) is 1. The lowest BCUT2D eigenvalue weighted by molar-refractivity contribution is 0.384. The smallest absolute Gasteiger partial charge is 0.326 e. The van der Waals surface area contributed by atoms with E-state index in [9.17, 15) is 4.79 Å². The lowest BCUT2D eigenvalue weighted by Gasteiger charge is -2.21. The Balaban J connectivity index is 2.19. The van der Waals surface area contributed by atoms with E-state index in [1.807, 2.05) is 50.0 Å². The first-order valence-corrected chi connectivity index (χ1v) is 8.90. The average Bonchev–Trinajstić information content (AvgIpc) is 2.93. The molecule has 7 nitrogen and oxygen atoms in total. The molecular weight excluding hydrogens is 328 g/mol. The molecule has 0 unspecified atom stereocenters. The van der Waals surface area contributed by atoms with Crippen LogP contribution in [0.15, 0.2) is 29.1 Å². The van der Waals surface area contributed by atoms with Gasteiger partial charge in [0.15, 0.2) is 5.82 Å². The van der Waals surface area contributed by atoms with Crippen molar-refractivity contribution in [2.45, 2.75) is 6.54 Å². The van der Waals surface area contributed by atoms with Crippen molar-refractivity contribution in [3.8, 4) is 0 Å². The van der Waals surface area contributed by atoms with E-state index in [0.717, 1.165) is 47.4 Å². The zero-order valence-electron chi connectivity index (χ0n) is 16.3. The maximum absolute atomic E-state index is 12.7. The Morgan fingerprint density at radius 3 is 2.38 bits per heavy atom. The predicted octanol–water partition coefficient (Wildman–Crippen LogP) is 1.44. The monoisotopic (exact) mass is 356 g/mol. The van der Waals surface area contributed by atoms with Crippen LogP contribution in [0.3, 0.4) is 0 Å². The van der Waals surface area contributed by atoms with Gasteiger partial charge in [0.2, 0.25) is 0 Å². The zero-order chi connectivity index (χ0) is 18.8. The highest BCUT2D eigenvalue weighted by atomic mass is 16.1. The molecule has 0 atom stereocenters. The highest BCUT2D eigenvalue weighted by Gasteiger charge is 2.18. The van der Waals surface area contributed by atoms with Gasteiger partial charge in [-0.25, -0.2) is 9.78 Å². The highest BCUT2D eigenvalue weighted by Crippen LogP contribution is 2.29. The Morgan fingerprint density at radius 2 is 1.69 bits per heavy atom. The molecule has 0 fully saturated rings. The van der Waals surface area contributed by atoms with Gasteiger partial charge in [-0.1, -0.05) is 18.2 Å². The molecule has 0 aliphatic heterocycles. The number of pyridine rings is 1. The van der Waals surface area contributed by atoms with Gasteiger partial charge < -0.3 is 19.7 Å². The molecule has 1 aromatic carbocycles. The summed E-state index contributed by atoms with van der Waals surface area (Å²) in [4.78, 5) is 26.9. The van der Waals surface area contributed by atoms with Crippen LogP contribution >= 0.6 is 0 Å². The predicted molar refractivity (Wildman–Crippen MR) is 108 cm³/mol. The molecule has 0 spiro atoms. The normalized spacial score (nSPS) is 12.0. The summed E-state index contributed by atoms with van der Waals surface area (Å²) in [5, 5.41) is 1.00. The minimum Gasteiger partial charge on any atom is -0.357 e. The molecule has 0 amide bonds. The van der Waals surface area contributed by atoms with Gasteiger partial charge in [-0.05, 0) is 34.3 Å². The van der Waals surface area contributed by atoms with E-state index in [0.29, 0.717) is 6.54 Å². The van der Waals surface area contributed by atoms with Crippen LogP contribution in [0.5, 0.6) is 0 Å². The molecule has 2 aromatic heterocycles. The molecule has 0 bridgehead atoms. The zero-order valence-corrected chi connectivity index (χ0v) is 16.3. The Morgan fingerprint density at radius 1 is 1.00 bits per heavy atom. The van der Waals surface area contributed by atoms with Crippen molar-refractivity contribution in [3.05, 3.63) is 34.7 Å². The fourth-order valence-corrected chi connectivity index (χ4v) is 3.10. The minimum absolute atomic E-state index is 0.0812. The van der Waals surface area contributed by atoms with Crippen LogP contribution in [0.4, 0.5) is 5.82 Å². The molecule has 2 heterocycles. The van der Waals surface area contributed by atoms with E-state index in [1.54, 1.807) is 0 Å². The molecule has 0 saturated heterocycles. The number of aromatic nitrogens is 3. The number of nitrogens with zero attached hydrogens (tertiary/aromatic N) is 5. The lowest BCUT2D eigenvalue weighted by atomic mass is 10.2. The van der Waals surface area contributed by atoms with Gasteiger partial charge >= 0.3 is 5.69 Å². The topological polar surface area (TPSA) is 60.4 Å². The van der Waals surface area contributed by atoms with Crippen molar-refractivity contribution >= 4 is 27.8 Å². The van der Waals surface area contributed by atoms with E-state index in [4.69, 9.17) is 4.98 Å². The number of hydrogen-bond donors (Lipinski definition) is 1. The van der Waals surface area contributed by atoms with Crippen molar-refractivity contribution in [1.29, 1.82) is 0 Å². The summed E-state index contributed by atoms with van der Waals surface area (Å²) >= 11 is 0. The summed E-state index contributed by atoms with van der Waals surface area (Å²) in [7, 11) is 10.2. The number of anilines is 1. The molecular formula is C19H28N6O. The second kappa shape index (κ2) is 7.47. The quantitative estimate of drug-likeness (QED) is 0.694. The van der Waals surface area contributed by atoms with E-state index >= 15 is 0 Å². The van der Waals surface area contributed by atoms with Gasteiger partial charge in [0.1, 0.15) is 5.52 Å². The Kier molecular flexibility index (Phi) is 5.29. The number of benzene rings is 1. The van der Waals surface area contributed by atoms with Gasteiger partial charge in [-0.15, -0.1) is 0 Å². The van der Waals surface area contributed by atoms with Crippen molar-refractivity contribution in [1.82, 2.24) is 24.3 Å². The first-order valence-electron chi connectivity index (χ1n) is 8.90. The molecule has 26 heavy (non-hydrogen) atoms. The molecule has 1 N–H and O–H groups in total. The number of hydrogen-bond acceptors (Lipinski definition) is 5. The van der Waals surface area contributed by atoms with Crippen molar-refractivity contribution in [3.63, 3.8) is 0 Å². The van der Waals surface area contributed by atoms with Crippen LogP contribution in [0.2, 0.25) is 0 Å². The number of para-hydroxylation sites is 1. The van der Waals surface area contributed by atoms with Gasteiger partial charge in [0.25, 0.3) is 0 Å². The largest absolute Gasteiger partial charge is 0.357 e. The molecule has 0 aliphatic carbocycles. The lowest BCUT2D eigenvalue weighted by Crippen LogP contribution is -2.29. The minimum atomic E-state index is -0.0812. The summed E-state index contributed by atoms with van der Waals surface area (Å²) in [6, 6.07) is 8.02. The van der Waals surface area contributed by atoms with Gasteiger partial charge in [-0.2, -0.15) is 0 Å². The second-order valence-corrected chi connectivity index (χ2v) is 7.29. The fraction of sp³-hybridized carbons (Fsp3) is 0.474. The Labute approximate surface area is 153 Å². The van der Waals surface area contributed by atoms with Crippen LogP contribution in [0, 0.1) is 0 Å². The van der Waals surface area contributed by atoms with Gasteiger partial charge in [0, 0.05) is 38.6 Å². The van der Waals surface area contributed by atoms with E-state index in [-0.39, 0.29) is 5.69 Å². The highest BCUT2D eigenvalue weighted by molar-refractivity contribution is 6.06.